The number of rotatable bonds is 9. The summed E-state index contributed by atoms with van der Waals surface area (Å²) in [5.74, 6) is 1.47. The van der Waals surface area contributed by atoms with E-state index in [4.69, 9.17) is 9.72 Å². The average Bonchev–Trinajstić information content (AvgIpc) is 3.55. The number of piperidine rings is 1. The molecule has 0 aliphatic carbocycles. The van der Waals surface area contributed by atoms with E-state index in [1.54, 1.807) is 6.33 Å². The topological polar surface area (TPSA) is 70.6 Å². The summed E-state index contributed by atoms with van der Waals surface area (Å²) in [5.41, 5.74) is 1.96. The molecule has 1 amide bonds. The predicted octanol–water partition coefficient (Wildman–Crippen LogP) is 4.83. The molecule has 7 nitrogen and oxygen atoms in total. The van der Waals surface area contributed by atoms with Crippen molar-refractivity contribution in [2.45, 2.75) is 45.6 Å². The number of benzene rings is 1. The fourth-order valence-corrected chi connectivity index (χ4v) is 6.35. The van der Waals surface area contributed by atoms with Crippen LogP contribution in [0.3, 0.4) is 0 Å². The van der Waals surface area contributed by atoms with E-state index < -0.39 is 0 Å². The Morgan fingerprint density at radius 2 is 1.86 bits per heavy atom. The minimum atomic E-state index is -0.0532. The molecule has 0 unspecified atom stereocenters. The Kier molecular flexibility index (Phi) is 8.14. The number of thiophene rings is 1. The Morgan fingerprint density at radius 3 is 2.58 bits per heavy atom. The molecule has 1 N–H and O–H groups in total. The van der Waals surface area contributed by atoms with E-state index in [0.29, 0.717) is 10.8 Å². The standard InChI is InChI=1S/C28H37N5O2S/c1-20(2)31-27(34)25-23(22-8-4-3-5-9-22)24-26(29-19-30-28(24)36-25)33-14-10-21(11-15-33)18-35-17-16-32-12-6-7-13-32/h3-5,8-9,19-21H,6-7,10-18H2,1-2H3,(H,31,34). The van der Waals surface area contributed by atoms with Gasteiger partial charge in [-0.25, -0.2) is 9.97 Å². The second-order valence-corrected chi connectivity index (χ2v) is 11.2. The third kappa shape index (κ3) is 5.71. The highest BCUT2D eigenvalue weighted by Crippen LogP contribution is 2.42. The molecule has 2 fully saturated rings. The highest BCUT2D eigenvalue weighted by atomic mass is 32.1. The average molecular weight is 508 g/mol. The number of ether oxygens (including phenoxy) is 1. The van der Waals surface area contributed by atoms with Gasteiger partial charge in [0.05, 0.1) is 12.0 Å². The van der Waals surface area contributed by atoms with Crippen molar-refractivity contribution in [3.05, 3.63) is 41.5 Å². The normalized spacial score (nSPS) is 17.4. The van der Waals surface area contributed by atoms with Gasteiger partial charge in [-0.2, -0.15) is 0 Å². The van der Waals surface area contributed by atoms with E-state index in [1.165, 1.54) is 37.3 Å². The van der Waals surface area contributed by atoms with E-state index in [9.17, 15) is 4.79 Å². The zero-order valence-corrected chi connectivity index (χ0v) is 22.2. The van der Waals surface area contributed by atoms with Gasteiger partial charge in [0, 0.05) is 37.8 Å². The minimum Gasteiger partial charge on any atom is -0.380 e. The highest BCUT2D eigenvalue weighted by molar-refractivity contribution is 7.21. The number of carbonyl (C=O) groups excluding carboxylic acids is 1. The van der Waals surface area contributed by atoms with Gasteiger partial charge in [0.1, 0.15) is 21.9 Å². The van der Waals surface area contributed by atoms with Crippen molar-refractivity contribution in [2.24, 2.45) is 5.92 Å². The number of hydrogen-bond donors (Lipinski definition) is 1. The zero-order valence-electron chi connectivity index (χ0n) is 21.4. The number of amides is 1. The van der Waals surface area contributed by atoms with Crippen LogP contribution in [0.2, 0.25) is 0 Å². The van der Waals surface area contributed by atoms with Crippen LogP contribution >= 0.6 is 11.3 Å². The summed E-state index contributed by atoms with van der Waals surface area (Å²) in [5, 5.41) is 4.06. The maximum absolute atomic E-state index is 13.2. The summed E-state index contributed by atoms with van der Waals surface area (Å²) in [6, 6.07) is 10.2. The molecule has 4 heterocycles. The second-order valence-electron chi connectivity index (χ2n) is 10.2. The lowest BCUT2D eigenvalue weighted by Crippen LogP contribution is -2.36. The number of likely N-dealkylation sites (tertiary alicyclic amines) is 1. The number of carbonyl (C=O) groups is 1. The summed E-state index contributed by atoms with van der Waals surface area (Å²) in [4.78, 5) is 28.9. The van der Waals surface area contributed by atoms with Crippen LogP contribution in [0.5, 0.6) is 0 Å². The summed E-state index contributed by atoms with van der Waals surface area (Å²) >= 11 is 1.46. The van der Waals surface area contributed by atoms with Gasteiger partial charge < -0.3 is 19.9 Å². The van der Waals surface area contributed by atoms with Gasteiger partial charge in [-0.1, -0.05) is 30.3 Å². The number of hydrogen-bond acceptors (Lipinski definition) is 7. The molecule has 2 aromatic heterocycles. The SMILES string of the molecule is CC(C)NC(=O)c1sc2ncnc(N3CCC(COCCN4CCCC4)CC3)c2c1-c1ccccc1. The van der Waals surface area contributed by atoms with Gasteiger partial charge in [0.15, 0.2) is 0 Å². The van der Waals surface area contributed by atoms with Gasteiger partial charge >= 0.3 is 0 Å². The number of nitrogens with one attached hydrogen (secondary N) is 1. The van der Waals surface area contributed by atoms with Crippen LogP contribution in [0.4, 0.5) is 5.82 Å². The first-order valence-corrected chi connectivity index (χ1v) is 14.1. The van der Waals surface area contributed by atoms with Gasteiger partial charge in [-0.05, 0) is 64.1 Å². The number of fused-ring (bicyclic) bond motifs is 1. The lowest BCUT2D eigenvalue weighted by atomic mass is 9.97. The summed E-state index contributed by atoms with van der Waals surface area (Å²) < 4.78 is 6.06. The van der Waals surface area contributed by atoms with Crippen LogP contribution in [0, 0.1) is 5.92 Å². The Hall–Kier alpha value is -2.55. The van der Waals surface area contributed by atoms with Crippen LogP contribution < -0.4 is 10.2 Å². The Labute approximate surface area is 217 Å². The van der Waals surface area contributed by atoms with Crippen molar-refractivity contribution < 1.29 is 9.53 Å². The molecule has 0 saturated carbocycles. The molecule has 1 aromatic carbocycles. The van der Waals surface area contributed by atoms with Gasteiger partial charge in [-0.3, -0.25) is 4.79 Å². The summed E-state index contributed by atoms with van der Waals surface area (Å²) in [6.45, 7) is 11.0. The first-order valence-electron chi connectivity index (χ1n) is 13.3. The van der Waals surface area contributed by atoms with Crippen molar-refractivity contribution in [3.63, 3.8) is 0 Å². The molecule has 8 heteroatoms. The van der Waals surface area contributed by atoms with Crippen LogP contribution in [0.25, 0.3) is 21.3 Å². The molecule has 2 saturated heterocycles. The van der Waals surface area contributed by atoms with Crippen molar-refractivity contribution in [1.29, 1.82) is 0 Å². The smallest absolute Gasteiger partial charge is 0.262 e. The molecular weight excluding hydrogens is 470 g/mol. The van der Waals surface area contributed by atoms with Crippen LogP contribution in [-0.4, -0.2) is 72.8 Å². The predicted molar refractivity (Wildman–Crippen MR) is 147 cm³/mol. The quantitative estimate of drug-likeness (QED) is 0.419. The minimum absolute atomic E-state index is 0.0532. The van der Waals surface area contributed by atoms with Crippen molar-refractivity contribution in [1.82, 2.24) is 20.2 Å². The van der Waals surface area contributed by atoms with Crippen molar-refractivity contribution in [3.8, 4) is 11.1 Å². The number of anilines is 1. The van der Waals surface area contributed by atoms with Crippen LogP contribution in [0.1, 0.15) is 49.2 Å². The summed E-state index contributed by atoms with van der Waals surface area (Å²) in [7, 11) is 0. The number of nitrogens with zero attached hydrogens (tertiary/aromatic N) is 4. The summed E-state index contributed by atoms with van der Waals surface area (Å²) in [6.07, 6.45) is 6.46. The number of aromatic nitrogens is 2. The van der Waals surface area contributed by atoms with Crippen LogP contribution in [-0.2, 0) is 4.74 Å². The van der Waals surface area contributed by atoms with Gasteiger partial charge in [0.25, 0.3) is 5.91 Å². The van der Waals surface area contributed by atoms with Crippen LogP contribution in [0.15, 0.2) is 36.7 Å². The second kappa shape index (κ2) is 11.7. The van der Waals surface area contributed by atoms with E-state index in [0.717, 1.165) is 72.9 Å². The molecule has 0 radical (unpaired) electrons. The van der Waals surface area contributed by atoms with E-state index in [2.05, 4.69) is 32.2 Å². The monoisotopic (exact) mass is 507 g/mol. The van der Waals surface area contributed by atoms with Crippen molar-refractivity contribution >= 4 is 33.3 Å². The Bertz CT molecular complexity index is 1150. The van der Waals surface area contributed by atoms with E-state index in [1.807, 2.05) is 32.0 Å². The maximum atomic E-state index is 13.2. The Morgan fingerprint density at radius 1 is 1.11 bits per heavy atom. The largest absolute Gasteiger partial charge is 0.380 e. The third-order valence-corrected chi connectivity index (χ3v) is 8.27. The Balaban J connectivity index is 1.33. The lowest BCUT2D eigenvalue weighted by molar-refractivity contribution is 0.0753. The first-order chi connectivity index (χ1) is 17.6. The molecule has 36 heavy (non-hydrogen) atoms. The van der Waals surface area contributed by atoms with E-state index in [-0.39, 0.29) is 11.9 Å². The molecule has 0 atom stereocenters. The fourth-order valence-electron chi connectivity index (χ4n) is 5.29. The maximum Gasteiger partial charge on any atom is 0.262 e. The van der Waals surface area contributed by atoms with Crippen molar-refractivity contribution in [2.75, 3.05) is 50.8 Å². The molecule has 0 spiro atoms. The zero-order chi connectivity index (χ0) is 24.9. The molecule has 2 aliphatic heterocycles. The third-order valence-electron chi connectivity index (χ3n) is 7.17. The van der Waals surface area contributed by atoms with Gasteiger partial charge in [0.2, 0.25) is 0 Å². The first kappa shape index (κ1) is 25.1. The molecular formula is C28H37N5O2S. The van der Waals surface area contributed by atoms with E-state index >= 15 is 0 Å². The molecule has 192 valence electrons. The highest BCUT2D eigenvalue weighted by Gasteiger charge is 2.28. The fraction of sp³-hybridized carbons (Fsp3) is 0.536. The molecule has 5 rings (SSSR count). The lowest BCUT2D eigenvalue weighted by Gasteiger charge is -2.33. The molecule has 0 bridgehead atoms. The molecule has 3 aromatic rings. The molecule has 2 aliphatic rings. The van der Waals surface area contributed by atoms with Gasteiger partial charge in [-0.15, -0.1) is 11.3 Å².